The van der Waals surface area contributed by atoms with Crippen LogP contribution in [-0.4, -0.2) is 32.3 Å². The zero-order valence-electron chi connectivity index (χ0n) is 13.1. The number of hydrogen-bond donors (Lipinski definition) is 2. The minimum atomic E-state index is -0.584. The van der Waals surface area contributed by atoms with Crippen molar-refractivity contribution >= 4 is 5.91 Å². The summed E-state index contributed by atoms with van der Waals surface area (Å²) in [6.45, 7) is 1.95. The molecule has 1 fully saturated rings. The van der Waals surface area contributed by atoms with Crippen LogP contribution in [0.4, 0.5) is 4.39 Å². The molecule has 0 aliphatic carbocycles. The summed E-state index contributed by atoms with van der Waals surface area (Å²) in [6, 6.07) is 4.21. The normalized spacial score (nSPS) is 23.3. The number of benzene rings is 1. The molecule has 3 N–H and O–H groups in total. The topological polar surface area (TPSA) is 73.6 Å². The Hall–Kier alpha value is -1.66. The number of nitrogens with two attached hydrogens (primary N) is 1. The maximum atomic E-state index is 13.6. The van der Waals surface area contributed by atoms with Crippen molar-refractivity contribution in [1.82, 2.24) is 5.32 Å². The Morgan fingerprint density at radius 2 is 2.13 bits per heavy atom. The molecule has 1 unspecified atom stereocenters. The van der Waals surface area contributed by atoms with Crippen molar-refractivity contribution in [1.29, 1.82) is 0 Å². The fourth-order valence-corrected chi connectivity index (χ4v) is 3.30. The fourth-order valence-electron chi connectivity index (χ4n) is 3.30. The molecule has 1 saturated heterocycles. The summed E-state index contributed by atoms with van der Waals surface area (Å²) < 4.78 is 24.6. The Labute approximate surface area is 135 Å². The summed E-state index contributed by atoms with van der Waals surface area (Å²) in [6.07, 6.45) is 2.77. The van der Waals surface area contributed by atoms with E-state index in [9.17, 15) is 9.18 Å². The van der Waals surface area contributed by atoms with Crippen LogP contribution in [0.15, 0.2) is 18.2 Å². The molecule has 2 aliphatic rings. The molecule has 1 amide bonds. The number of carbonyl (C=O) groups excluding carboxylic acids is 1. The smallest absolute Gasteiger partial charge is 0.228 e. The molecule has 23 heavy (non-hydrogen) atoms. The van der Waals surface area contributed by atoms with Gasteiger partial charge in [0.25, 0.3) is 0 Å². The van der Waals surface area contributed by atoms with Crippen LogP contribution in [0.2, 0.25) is 0 Å². The second kappa shape index (κ2) is 6.84. The average molecular weight is 322 g/mol. The molecule has 126 valence electrons. The molecule has 1 aromatic carbocycles. The van der Waals surface area contributed by atoms with Crippen molar-refractivity contribution in [2.75, 3.05) is 26.4 Å². The van der Waals surface area contributed by atoms with Gasteiger partial charge in [-0.2, -0.15) is 0 Å². The van der Waals surface area contributed by atoms with E-state index in [-0.39, 0.29) is 17.8 Å². The van der Waals surface area contributed by atoms with Gasteiger partial charge in [-0.15, -0.1) is 0 Å². The van der Waals surface area contributed by atoms with Crippen molar-refractivity contribution in [2.45, 2.75) is 31.7 Å². The first-order valence-corrected chi connectivity index (χ1v) is 8.16. The standard InChI is InChI=1S/C17H23FN2O3/c18-12-3-4-15-13(10-12)14(2-1-7-23-15)20-16(21)17(11-19)5-8-22-9-6-17/h3-4,10,14H,1-2,5-9,11,19H2,(H,20,21). The van der Waals surface area contributed by atoms with Gasteiger partial charge in [0.05, 0.1) is 18.1 Å². The first-order chi connectivity index (χ1) is 11.1. The van der Waals surface area contributed by atoms with Crippen LogP contribution in [0.5, 0.6) is 5.75 Å². The van der Waals surface area contributed by atoms with Crippen LogP contribution >= 0.6 is 0 Å². The molecule has 1 aromatic rings. The Morgan fingerprint density at radius 3 is 2.87 bits per heavy atom. The first kappa shape index (κ1) is 16.2. The van der Waals surface area contributed by atoms with Gasteiger partial charge in [0.15, 0.2) is 0 Å². The number of ether oxygens (including phenoxy) is 2. The van der Waals surface area contributed by atoms with Crippen LogP contribution in [0.1, 0.15) is 37.3 Å². The molecule has 2 aliphatic heterocycles. The van der Waals surface area contributed by atoms with E-state index in [0.29, 0.717) is 50.5 Å². The number of halogens is 1. The van der Waals surface area contributed by atoms with Gasteiger partial charge in [-0.3, -0.25) is 4.79 Å². The third kappa shape index (κ3) is 3.33. The fraction of sp³-hybridized carbons (Fsp3) is 0.588. The summed E-state index contributed by atoms with van der Waals surface area (Å²) >= 11 is 0. The van der Waals surface area contributed by atoms with Crippen LogP contribution in [0.25, 0.3) is 0 Å². The van der Waals surface area contributed by atoms with Gasteiger partial charge in [-0.25, -0.2) is 4.39 Å². The highest BCUT2D eigenvalue weighted by molar-refractivity contribution is 5.83. The van der Waals surface area contributed by atoms with E-state index >= 15 is 0 Å². The lowest BCUT2D eigenvalue weighted by atomic mass is 9.79. The van der Waals surface area contributed by atoms with Crippen molar-refractivity contribution in [3.05, 3.63) is 29.6 Å². The van der Waals surface area contributed by atoms with E-state index in [2.05, 4.69) is 5.32 Å². The molecule has 6 heteroatoms. The summed E-state index contributed by atoms with van der Waals surface area (Å²) in [5, 5.41) is 3.08. The minimum absolute atomic E-state index is 0.0644. The SMILES string of the molecule is NCC1(C(=O)NC2CCCOc3ccc(F)cc32)CCOCC1. The molecular weight excluding hydrogens is 299 g/mol. The summed E-state index contributed by atoms with van der Waals surface area (Å²) in [4.78, 5) is 12.8. The Bertz CT molecular complexity index is 573. The first-order valence-electron chi connectivity index (χ1n) is 8.16. The van der Waals surface area contributed by atoms with Gasteiger partial charge in [0, 0.05) is 25.3 Å². The van der Waals surface area contributed by atoms with E-state index in [1.165, 1.54) is 12.1 Å². The maximum Gasteiger partial charge on any atom is 0.228 e. The van der Waals surface area contributed by atoms with Gasteiger partial charge in [-0.05, 0) is 43.9 Å². The highest BCUT2D eigenvalue weighted by Crippen LogP contribution is 2.35. The number of rotatable bonds is 3. The molecule has 5 nitrogen and oxygen atoms in total. The van der Waals surface area contributed by atoms with Crippen molar-refractivity contribution in [3.8, 4) is 5.75 Å². The molecule has 3 rings (SSSR count). The van der Waals surface area contributed by atoms with Crippen LogP contribution in [0, 0.1) is 11.2 Å². The van der Waals surface area contributed by atoms with Gasteiger partial charge < -0.3 is 20.5 Å². The maximum absolute atomic E-state index is 13.6. The van der Waals surface area contributed by atoms with E-state index in [0.717, 1.165) is 12.8 Å². The zero-order chi connectivity index (χ0) is 16.3. The van der Waals surface area contributed by atoms with Crippen LogP contribution in [0.3, 0.4) is 0 Å². The number of nitrogens with one attached hydrogen (secondary N) is 1. The Kier molecular flexibility index (Phi) is 4.82. The highest BCUT2D eigenvalue weighted by atomic mass is 19.1. The summed E-state index contributed by atoms with van der Waals surface area (Å²) in [7, 11) is 0. The lowest BCUT2D eigenvalue weighted by Gasteiger charge is -2.36. The van der Waals surface area contributed by atoms with E-state index < -0.39 is 5.41 Å². The molecule has 0 radical (unpaired) electrons. The van der Waals surface area contributed by atoms with E-state index in [1.807, 2.05) is 0 Å². The number of carbonyl (C=O) groups is 1. The number of fused-ring (bicyclic) bond motifs is 1. The van der Waals surface area contributed by atoms with Gasteiger partial charge >= 0.3 is 0 Å². The van der Waals surface area contributed by atoms with Crippen molar-refractivity contribution in [3.63, 3.8) is 0 Å². The molecule has 1 atom stereocenters. The van der Waals surface area contributed by atoms with Gasteiger partial charge in [0.2, 0.25) is 5.91 Å². The van der Waals surface area contributed by atoms with Crippen molar-refractivity contribution in [2.24, 2.45) is 11.1 Å². The van der Waals surface area contributed by atoms with Gasteiger partial charge in [-0.1, -0.05) is 0 Å². The molecule has 0 spiro atoms. The molecule has 0 aromatic heterocycles. The molecular formula is C17H23FN2O3. The zero-order valence-corrected chi connectivity index (χ0v) is 13.1. The minimum Gasteiger partial charge on any atom is -0.493 e. The monoisotopic (exact) mass is 322 g/mol. The third-order valence-corrected chi connectivity index (χ3v) is 4.87. The lowest BCUT2D eigenvalue weighted by Crippen LogP contribution is -2.50. The highest BCUT2D eigenvalue weighted by Gasteiger charge is 2.40. The Balaban J connectivity index is 1.81. The molecule has 0 bridgehead atoms. The quantitative estimate of drug-likeness (QED) is 0.891. The van der Waals surface area contributed by atoms with Crippen LogP contribution in [-0.2, 0) is 9.53 Å². The Morgan fingerprint density at radius 1 is 1.35 bits per heavy atom. The van der Waals surface area contributed by atoms with Crippen molar-refractivity contribution < 1.29 is 18.7 Å². The second-order valence-corrected chi connectivity index (χ2v) is 6.30. The predicted molar refractivity (Wildman–Crippen MR) is 83.6 cm³/mol. The molecule has 2 heterocycles. The largest absolute Gasteiger partial charge is 0.493 e. The molecule has 0 saturated carbocycles. The number of hydrogen-bond acceptors (Lipinski definition) is 4. The summed E-state index contributed by atoms with van der Waals surface area (Å²) in [5.41, 5.74) is 6.01. The summed E-state index contributed by atoms with van der Waals surface area (Å²) in [5.74, 6) is 0.251. The second-order valence-electron chi connectivity index (χ2n) is 6.30. The van der Waals surface area contributed by atoms with E-state index in [4.69, 9.17) is 15.2 Å². The average Bonchev–Trinajstić information content (AvgIpc) is 2.77. The number of amides is 1. The van der Waals surface area contributed by atoms with E-state index in [1.54, 1.807) is 6.07 Å². The third-order valence-electron chi connectivity index (χ3n) is 4.87. The van der Waals surface area contributed by atoms with Crippen LogP contribution < -0.4 is 15.8 Å². The van der Waals surface area contributed by atoms with Gasteiger partial charge in [0.1, 0.15) is 11.6 Å². The lowest BCUT2D eigenvalue weighted by molar-refractivity contribution is -0.136. The predicted octanol–water partition coefficient (Wildman–Crippen LogP) is 1.91.